The summed E-state index contributed by atoms with van der Waals surface area (Å²) < 4.78 is 0. The van der Waals surface area contributed by atoms with Gasteiger partial charge in [0.15, 0.2) is 5.65 Å². The van der Waals surface area contributed by atoms with E-state index < -0.39 is 0 Å². The molecule has 5 nitrogen and oxygen atoms in total. The van der Waals surface area contributed by atoms with Crippen molar-refractivity contribution in [2.24, 2.45) is 0 Å². The van der Waals surface area contributed by atoms with Crippen LogP contribution in [0.5, 0.6) is 0 Å². The minimum absolute atomic E-state index is 0.700. The van der Waals surface area contributed by atoms with Crippen LogP contribution in [0.1, 0.15) is 0 Å². The lowest BCUT2D eigenvalue weighted by molar-refractivity contribution is 0.589. The van der Waals surface area contributed by atoms with Crippen LogP contribution in [0.25, 0.3) is 33.4 Å². The summed E-state index contributed by atoms with van der Waals surface area (Å²) in [6.45, 7) is 4.15. The zero-order valence-corrected chi connectivity index (χ0v) is 16.1. The van der Waals surface area contributed by atoms with Gasteiger partial charge in [-0.25, -0.2) is 4.98 Å². The van der Waals surface area contributed by atoms with Gasteiger partial charge in [-0.05, 0) is 41.5 Å². The first-order chi connectivity index (χ1) is 13.8. The second-order valence-electron chi connectivity index (χ2n) is 6.95. The molecule has 0 amide bonds. The van der Waals surface area contributed by atoms with Crippen molar-refractivity contribution in [1.82, 2.24) is 20.5 Å². The number of fused-ring (bicyclic) bond motifs is 1. The van der Waals surface area contributed by atoms with Crippen LogP contribution >= 0.6 is 11.6 Å². The van der Waals surface area contributed by atoms with Crippen LogP contribution in [-0.2, 0) is 0 Å². The van der Waals surface area contributed by atoms with Crippen LogP contribution in [-0.4, -0.2) is 41.4 Å². The van der Waals surface area contributed by atoms with Crippen LogP contribution in [0.4, 0.5) is 5.69 Å². The number of rotatable bonds is 3. The van der Waals surface area contributed by atoms with Crippen molar-refractivity contribution in [2.75, 3.05) is 31.1 Å². The molecule has 0 saturated carbocycles. The number of anilines is 1. The van der Waals surface area contributed by atoms with E-state index in [4.69, 9.17) is 11.6 Å². The van der Waals surface area contributed by atoms with E-state index in [9.17, 15) is 0 Å². The summed E-state index contributed by atoms with van der Waals surface area (Å²) in [5.74, 6) is 0. The number of hydrogen-bond donors (Lipinski definition) is 2. The molecule has 0 atom stereocenters. The van der Waals surface area contributed by atoms with Gasteiger partial charge >= 0.3 is 0 Å². The molecule has 140 valence electrons. The highest BCUT2D eigenvalue weighted by Gasteiger charge is 2.15. The molecule has 0 bridgehead atoms. The van der Waals surface area contributed by atoms with E-state index in [2.05, 4.69) is 49.7 Å². The molecule has 0 spiro atoms. The van der Waals surface area contributed by atoms with Gasteiger partial charge in [-0.2, -0.15) is 5.10 Å². The number of nitrogens with zero attached hydrogens (tertiary/aromatic N) is 3. The third-order valence-corrected chi connectivity index (χ3v) is 5.46. The first-order valence-electron chi connectivity index (χ1n) is 9.45. The van der Waals surface area contributed by atoms with Crippen LogP contribution < -0.4 is 10.2 Å². The Morgan fingerprint density at radius 2 is 1.75 bits per heavy atom. The summed E-state index contributed by atoms with van der Waals surface area (Å²) in [5.41, 5.74) is 6.17. The Labute approximate surface area is 168 Å². The molecule has 1 aliphatic rings. The molecule has 0 unspecified atom stereocenters. The van der Waals surface area contributed by atoms with Crippen molar-refractivity contribution in [3.8, 4) is 22.4 Å². The number of pyridine rings is 1. The minimum atomic E-state index is 0.700. The fraction of sp³-hybridized carbons (Fsp3) is 0.182. The van der Waals surface area contributed by atoms with Gasteiger partial charge in [-0.3, -0.25) is 5.10 Å². The van der Waals surface area contributed by atoms with E-state index in [1.54, 1.807) is 0 Å². The smallest absolute Gasteiger partial charge is 0.182 e. The Hall–Kier alpha value is -2.89. The standard InChI is InChI=1S/C22H20ClN5/c23-17-3-1-2-16(14-17)21-20-19(8-9-25-22(20)27-26-21)15-4-6-18(7-5-15)28-12-10-24-11-13-28/h1-9,14,24H,10-13H2,(H,25,26,27). The van der Waals surface area contributed by atoms with Crippen molar-refractivity contribution < 1.29 is 0 Å². The number of benzene rings is 2. The SMILES string of the molecule is Clc1cccc(-c2[nH]nc3nccc(-c4ccc(N5CCNCC5)cc4)c23)c1. The van der Waals surface area contributed by atoms with Crippen molar-refractivity contribution in [3.05, 3.63) is 65.8 Å². The molecule has 2 N–H and O–H groups in total. The average molecular weight is 390 g/mol. The molecule has 5 rings (SSSR count). The second kappa shape index (κ2) is 7.26. The molecular weight excluding hydrogens is 370 g/mol. The molecule has 1 saturated heterocycles. The van der Waals surface area contributed by atoms with E-state index in [0.29, 0.717) is 10.7 Å². The number of H-pyrrole nitrogens is 1. The molecule has 3 heterocycles. The van der Waals surface area contributed by atoms with Gasteiger partial charge in [0.2, 0.25) is 0 Å². The van der Waals surface area contributed by atoms with Crippen LogP contribution in [0.15, 0.2) is 60.8 Å². The molecular formula is C22H20ClN5. The Kier molecular flexibility index (Phi) is 4.47. The Morgan fingerprint density at radius 1 is 0.929 bits per heavy atom. The normalized spacial score (nSPS) is 14.5. The van der Waals surface area contributed by atoms with Crippen molar-refractivity contribution >= 4 is 28.3 Å². The molecule has 4 aromatic rings. The van der Waals surface area contributed by atoms with E-state index in [1.165, 1.54) is 5.69 Å². The van der Waals surface area contributed by atoms with Crippen LogP contribution in [0.3, 0.4) is 0 Å². The Balaban J connectivity index is 1.58. The molecule has 1 fully saturated rings. The van der Waals surface area contributed by atoms with E-state index in [0.717, 1.165) is 53.9 Å². The van der Waals surface area contributed by atoms with Gasteiger partial charge in [0.25, 0.3) is 0 Å². The summed E-state index contributed by atoms with van der Waals surface area (Å²) in [6.07, 6.45) is 1.81. The third-order valence-electron chi connectivity index (χ3n) is 5.23. The van der Waals surface area contributed by atoms with Gasteiger partial charge < -0.3 is 10.2 Å². The number of piperazine rings is 1. The fourth-order valence-electron chi connectivity index (χ4n) is 3.82. The third kappa shape index (κ3) is 3.13. The van der Waals surface area contributed by atoms with Crippen molar-refractivity contribution in [2.45, 2.75) is 0 Å². The Morgan fingerprint density at radius 3 is 2.54 bits per heavy atom. The van der Waals surface area contributed by atoms with Gasteiger partial charge in [0.05, 0.1) is 11.1 Å². The van der Waals surface area contributed by atoms with E-state index >= 15 is 0 Å². The van der Waals surface area contributed by atoms with Gasteiger partial charge in [0.1, 0.15) is 0 Å². The highest BCUT2D eigenvalue weighted by atomic mass is 35.5. The summed E-state index contributed by atoms with van der Waals surface area (Å²) >= 11 is 6.20. The van der Waals surface area contributed by atoms with E-state index in [1.807, 2.05) is 36.5 Å². The monoisotopic (exact) mass is 389 g/mol. The maximum absolute atomic E-state index is 6.20. The molecule has 0 aliphatic carbocycles. The maximum Gasteiger partial charge on any atom is 0.182 e. The maximum atomic E-state index is 6.20. The predicted molar refractivity (Wildman–Crippen MR) is 115 cm³/mol. The largest absolute Gasteiger partial charge is 0.369 e. The molecule has 2 aromatic heterocycles. The highest BCUT2D eigenvalue weighted by Crippen LogP contribution is 2.35. The molecule has 28 heavy (non-hydrogen) atoms. The lowest BCUT2D eigenvalue weighted by Crippen LogP contribution is -2.43. The number of halogens is 1. The van der Waals surface area contributed by atoms with Crippen molar-refractivity contribution in [3.63, 3.8) is 0 Å². The van der Waals surface area contributed by atoms with Crippen LogP contribution in [0, 0.1) is 0 Å². The lowest BCUT2D eigenvalue weighted by Gasteiger charge is -2.29. The summed E-state index contributed by atoms with van der Waals surface area (Å²) in [5, 5.41) is 12.7. The first-order valence-corrected chi connectivity index (χ1v) is 9.82. The summed E-state index contributed by atoms with van der Waals surface area (Å²) in [6, 6.07) is 18.6. The quantitative estimate of drug-likeness (QED) is 0.546. The molecule has 2 aromatic carbocycles. The molecule has 1 aliphatic heterocycles. The topological polar surface area (TPSA) is 56.8 Å². The zero-order valence-electron chi connectivity index (χ0n) is 15.3. The summed E-state index contributed by atoms with van der Waals surface area (Å²) in [4.78, 5) is 6.85. The second-order valence-corrected chi connectivity index (χ2v) is 7.39. The van der Waals surface area contributed by atoms with Crippen LogP contribution in [0.2, 0.25) is 5.02 Å². The molecule has 6 heteroatoms. The lowest BCUT2D eigenvalue weighted by atomic mass is 9.99. The number of aromatic amines is 1. The molecule has 0 radical (unpaired) electrons. The minimum Gasteiger partial charge on any atom is -0.369 e. The number of hydrogen-bond acceptors (Lipinski definition) is 4. The first kappa shape index (κ1) is 17.2. The average Bonchev–Trinajstić information content (AvgIpc) is 3.19. The fourth-order valence-corrected chi connectivity index (χ4v) is 4.01. The van der Waals surface area contributed by atoms with Crippen molar-refractivity contribution in [1.29, 1.82) is 0 Å². The number of nitrogens with one attached hydrogen (secondary N) is 2. The van der Waals surface area contributed by atoms with Gasteiger partial charge in [0, 0.05) is 48.6 Å². The predicted octanol–water partition coefficient (Wildman–Crippen LogP) is 4.35. The Bertz CT molecular complexity index is 1110. The summed E-state index contributed by atoms with van der Waals surface area (Å²) in [7, 11) is 0. The zero-order chi connectivity index (χ0) is 18.9. The highest BCUT2D eigenvalue weighted by molar-refractivity contribution is 6.30. The van der Waals surface area contributed by atoms with Gasteiger partial charge in [-0.1, -0.05) is 35.9 Å². The van der Waals surface area contributed by atoms with Gasteiger partial charge in [-0.15, -0.1) is 0 Å². The number of aromatic nitrogens is 3. The van der Waals surface area contributed by atoms with E-state index in [-0.39, 0.29) is 0 Å².